The zero-order chi connectivity index (χ0) is 26.1. The summed E-state index contributed by atoms with van der Waals surface area (Å²) >= 11 is 0. The van der Waals surface area contributed by atoms with E-state index in [4.69, 9.17) is 4.74 Å². The molecule has 1 aliphatic rings. The summed E-state index contributed by atoms with van der Waals surface area (Å²) in [6.07, 6.45) is -1.57. The molecular weight excluding hydrogens is 484 g/mol. The number of carbonyl (C=O) groups is 1. The van der Waals surface area contributed by atoms with Crippen molar-refractivity contribution in [1.29, 1.82) is 0 Å². The van der Waals surface area contributed by atoms with Gasteiger partial charge >= 0.3 is 0 Å². The van der Waals surface area contributed by atoms with Gasteiger partial charge in [0.05, 0.1) is 11.3 Å². The molecule has 0 spiro atoms. The molecule has 4 aromatic rings. The topological polar surface area (TPSA) is 190 Å². The molecule has 0 saturated carbocycles. The van der Waals surface area contributed by atoms with Crippen LogP contribution in [-0.4, -0.2) is 70.9 Å². The minimum absolute atomic E-state index is 0.108. The van der Waals surface area contributed by atoms with Gasteiger partial charge in [0.1, 0.15) is 18.4 Å². The third kappa shape index (κ3) is 4.55. The first-order valence-corrected chi connectivity index (χ1v) is 11.2. The second-order valence-electron chi connectivity index (χ2n) is 8.29. The van der Waals surface area contributed by atoms with Crippen LogP contribution in [0.3, 0.4) is 0 Å². The number of aliphatic hydroxyl groups excluding tert-OH is 2. The van der Waals surface area contributed by atoms with E-state index in [0.717, 1.165) is 11.8 Å². The number of benzene rings is 1. The number of carbonyl (C=O) groups excluding carboxylic acids is 1. The Bertz CT molecular complexity index is 1460. The van der Waals surface area contributed by atoms with Gasteiger partial charge in [-0.25, -0.2) is 15.0 Å². The average Bonchev–Trinajstić information content (AvgIpc) is 3.48. The van der Waals surface area contributed by atoms with Crippen LogP contribution >= 0.6 is 0 Å². The Morgan fingerprint density at radius 1 is 1.19 bits per heavy atom. The molecule has 14 nitrogen and oxygen atoms in total. The van der Waals surface area contributed by atoms with Gasteiger partial charge in [-0.1, -0.05) is 30.3 Å². The van der Waals surface area contributed by atoms with Crippen LogP contribution in [0.2, 0.25) is 0 Å². The fourth-order valence-corrected chi connectivity index (χ4v) is 4.03. The number of nitro groups is 1. The summed E-state index contributed by atoms with van der Waals surface area (Å²) < 4.78 is 7.07. The van der Waals surface area contributed by atoms with E-state index in [0.29, 0.717) is 17.9 Å². The number of nitrogens with zero attached hydrogens (tertiary/aromatic N) is 6. The Morgan fingerprint density at radius 3 is 2.70 bits per heavy atom. The number of imidazole rings is 1. The number of ether oxygens (including phenoxy) is 1. The Balaban J connectivity index is 1.60. The fourth-order valence-electron chi connectivity index (χ4n) is 4.03. The molecule has 0 aliphatic carbocycles. The molecule has 1 amide bonds. The molecule has 4 atom stereocenters. The first-order chi connectivity index (χ1) is 17.9. The van der Waals surface area contributed by atoms with Crippen molar-refractivity contribution in [1.82, 2.24) is 29.8 Å². The summed E-state index contributed by atoms with van der Waals surface area (Å²) in [5.41, 5.74) is 1.55. The predicted octanol–water partition coefficient (Wildman–Crippen LogP) is 0.774. The van der Waals surface area contributed by atoms with E-state index in [-0.39, 0.29) is 22.7 Å². The quantitative estimate of drug-likeness (QED) is 0.204. The largest absolute Gasteiger partial charge is 0.387 e. The van der Waals surface area contributed by atoms with Gasteiger partial charge in [-0.05, 0) is 5.56 Å². The smallest absolute Gasteiger partial charge is 0.288 e. The van der Waals surface area contributed by atoms with E-state index in [1.807, 2.05) is 30.3 Å². The summed E-state index contributed by atoms with van der Waals surface area (Å²) in [4.78, 5) is 40.2. The summed E-state index contributed by atoms with van der Waals surface area (Å²) in [6, 6.07) is 10.8. The fraction of sp³-hybridized carbons (Fsp3) is 0.261. The maximum Gasteiger partial charge on any atom is 0.288 e. The first-order valence-electron chi connectivity index (χ1n) is 11.2. The predicted molar refractivity (Wildman–Crippen MR) is 129 cm³/mol. The molecule has 4 N–H and O–H groups in total. The standard InChI is InChI=1S/C23H22N8O6/c1-24-22(34)18-16(32)17(33)23(37-18)30-11-27-15-20(26-8-12-5-3-2-4-6-12)28-19(29-21(15)30)13-7-14(31(35)36)10-25-9-13/h2-7,9-11,16-18,23,32-33H,8H2,1H3,(H,24,34)(H,26,28,29). The van der Waals surface area contributed by atoms with Crippen molar-refractivity contribution < 1.29 is 24.7 Å². The van der Waals surface area contributed by atoms with Gasteiger partial charge in [0, 0.05) is 31.4 Å². The molecule has 1 aliphatic heterocycles. The Kier molecular flexibility index (Phi) is 6.43. The zero-order valence-electron chi connectivity index (χ0n) is 19.4. The van der Waals surface area contributed by atoms with Gasteiger partial charge in [0.15, 0.2) is 35.1 Å². The number of anilines is 1. The van der Waals surface area contributed by atoms with E-state index < -0.39 is 35.4 Å². The molecule has 3 aromatic heterocycles. The molecule has 5 rings (SSSR count). The molecule has 0 radical (unpaired) electrons. The molecule has 0 bridgehead atoms. The summed E-state index contributed by atoms with van der Waals surface area (Å²) in [6.45, 7) is 0.395. The molecule has 4 unspecified atom stereocenters. The van der Waals surface area contributed by atoms with Gasteiger partial charge in [-0.3, -0.25) is 24.5 Å². The van der Waals surface area contributed by atoms with Crippen LogP contribution in [0.5, 0.6) is 0 Å². The molecule has 1 saturated heterocycles. The van der Waals surface area contributed by atoms with Crippen LogP contribution in [0.1, 0.15) is 11.8 Å². The van der Waals surface area contributed by atoms with Crippen LogP contribution in [0, 0.1) is 10.1 Å². The lowest BCUT2D eigenvalue weighted by Gasteiger charge is -2.17. The Morgan fingerprint density at radius 2 is 1.97 bits per heavy atom. The van der Waals surface area contributed by atoms with Crippen molar-refractivity contribution in [2.24, 2.45) is 0 Å². The van der Waals surface area contributed by atoms with Crippen molar-refractivity contribution in [2.45, 2.75) is 31.1 Å². The first kappa shape index (κ1) is 24.2. The Labute approximate surface area is 209 Å². The number of aromatic nitrogens is 5. The van der Waals surface area contributed by atoms with E-state index in [1.54, 1.807) is 0 Å². The zero-order valence-corrected chi connectivity index (χ0v) is 19.4. The van der Waals surface area contributed by atoms with Gasteiger partial charge in [0.25, 0.3) is 11.6 Å². The maximum absolute atomic E-state index is 12.1. The Hall–Kier alpha value is -4.53. The summed E-state index contributed by atoms with van der Waals surface area (Å²) in [5.74, 6) is -0.163. The van der Waals surface area contributed by atoms with E-state index >= 15 is 0 Å². The monoisotopic (exact) mass is 506 g/mol. The van der Waals surface area contributed by atoms with Gasteiger partial charge in [-0.15, -0.1) is 0 Å². The minimum atomic E-state index is -1.49. The average molecular weight is 506 g/mol. The highest BCUT2D eigenvalue weighted by molar-refractivity contribution is 5.85. The molecule has 4 heterocycles. The molecule has 37 heavy (non-hydrogen) atoms. The minimum Gasteiger partial charge on any atom is -0.387 e. The normalized spacial score (nSPS) is 21.2. The molecule has 190 valence electrons. The van der Waals surface area contributed by atoms with Crippen molar-refractivity contribution in [3.8, 4) is 11.4 Å². The van der Waals surface area contributed by atoms with Crippen molar-refractivity contribution >= 4 is 28.6 Å². The van der Waals surface area contributed by atoms with Crippen LogP contribution in [0.4, 0.5) is 11.5 Å². The highest BCUT2D eigenvalue weighted by atomic mass is 16.6. The van der Waals surface area contributed by atoms with Crippen molar-refractivity contribution in [3.63, 3.8) is 0 Å². The molecule has 14 heteroatoms. The lowest BCUT2D eigenvalue weighted by Crippen LogP contribution is -2.41. The number of rotatable bonds is 7. The lowest BCUT2D eigenvalue weighted by atomic mass is 10.1. The summed E-state index contributed by atoms with van der Waals surface area (Å²) in [7, 11) is 1.39. The van der Waals surface area contributed by atoms with Crippen LogP contribution in [-0.2, 0) is 16.1 Å². The SMILES string of the molecule is CNC(=O)C1OC(n2cnc3c(NCc4ccccc4)nc(-c4cncc([N+](=O)[O-])c4)nc32)C(O)C1O. The van der Waals surface area contributed by atoms with Crippen molar-refractivity contribution in [2.75, 3.05) is 12.4 Å². The third-order valence-electron chi connectivity index (χ3n) is 5.93. The highest BCUT2D eigenvalue weighted by Gasteiger charge is 2.47. The van der Waals surface area contributed by atoms with E-state index in [1.165, 1.54) is 30.2 Å². The number of aliphatic hydroxyl groups is 2. The highest BCUT2D eigenvalue weighted by Crippen LogP contribution is 2.34. The number of hydrogen-bond donors (Lipinski definition) is 4. The number of nitrogens with one attached hydrogen (secondary N) is 2. The van der Waals surface area contributed by atoms with Crippen LogP contribution in [0.15, 0.2) is 55.1 Å². The number of fused-ring (bicyclic) bond motifs is 1. The van der Waals surface area contributed by atoms with E-state index in [9.17, 15) is 25.1 Å². The number of amides is 1. The third-order valence-corrected chi connectivity index (χ3v) is 5.93. The van der Waals surface area contributed by atoms with Crippen molar-refractivity contribution in [3.05, 3.63) is 70.8 Å². The maximum atomic E-state index is 12.1. The van der Waals surface area contributed by atoms with Crippen LogP contribution in [0.25, 0.3) is 22.6 Å². The number of hydrogen-bond acceptors (Lipinski definition) is 11. The lowest BCUT2D eigenvalue weighted by molar-refractivity contribution is -0.385. The number of likely N-dealkylation sites (N-methyl/N-ethyl adjacent to an activating group) is 1. The van der Waals surface area contributed by atoms with Gasteiger partial charge < -0.3 is 25.6 Å². The number of pyridine rings is 1. The van der Waals surface area contributed by atoms with Gasteiger partial charge in [0.2, 0.25) is 0 Å². The van der Waals surface area contributed by atoms with E-state index in [2.05, 4.69) is 30.6 Å². The summed E-state index contributed by atoms with van der Waals surface area (Å²) in [5, 5.41) is 37.9. The molecular formula is C23H22N8O6. The second kappa shape index (κ2) is 9.85. The molecule has 1 fully saturated rings. The second-order valence-corrected chi connectivity index (χ2v) is 8.29. The van der Waals surface area contributed by atoms with Gasteiger partial charge in [-0.2, -0.15) is 0 Å². The molecule has 1 aromatic carbocycles. The van der Waals surface area contributed by atoms with Crippen LogP contribution < -0.4 is 10.6 Å².